The highest BCUT2D eigenvalue weighted by Gasteiger charge is 2.55. The molecule has 2 aliphatic rings. The van der Waals surface area contributed by atoms with Gasteiger partial charge in [0.1, 0.15) is 17.5 Å². The number of hydrogen-bond acceptors (Lipinski definition) is 1. The van der Waals surface area contributed by atoms with Crippen LogP contribution in [0.3, 0.4) is 0 Å². The highest BCUT2D eigenvalue weighted by Crippen LogP contribution is 2.60. The molecule has 2 bridgehead atoms. The molecule has 3 heterocycles. The van der Waals surface area contributed by atoms with E-state index in [-0.39, 0.29) is 17.3 Å². The maximum Gasteiger partial charge on any atom is 0.132 e. The summed E-state index contributed by atoms with van der Waals surface area (Å²) in [4.78, 5) is 0. The highest BCUT2D eigenvalue weighted by molar-refractivity contribution is 5.88. The van der Waals surface area contributed by atoms with Gasteiger partial charge < -0.3 is 9.30 Å². The minimum Gasteiger partial charge on any atom is -0.353 e. The average molecular weight is 271 g/mol. The number of nitrogens with zero attached hydrogens (tertiary/aromatic N) is 1. The largest absolute Gasteiger partial charge is 0.353 e. The predicted molar refractivity (Wildman–Crippen MR) is 77.0 cm³/mol. The fraction of sp³-hybridized carbons (Fsp3) is 0.412. The molecule has 2 atom stereocenters. The van der Waals surface area contributed by atoms with E-state index in [0.717, 1.165) is 16.6 Å². The molecule has 1 aromatic carbocycles. The second-order valence-corrected chi connectivity index (χ2v) is 6.89. The van der Waals surface area contributed by atoms with E-state index in [0.29, 0.717) is 5.39 Å². The summed E-state index contributed by atoms with van der Waals surface area (Å²) in [5.74, 6) is -0.159. The third-order valence-corrected chi connectivity index (χ3v) is 4.75. The average Bonchev–Trinajstić information content (AvgIpc) is 3.01. The van der Waals surface area contributed by atoms with Crippen molar-refractivity contribution in [3.05, 3.63) is 47.4 Å². The molecular weight excluding hydrogens is 253 g/mol. The number of hydrogen-bond donors (Lipinski definition) is 0. The molecule has 0 saturated heterocycles. The Bertz CT molecular complexity index is 765. The van der Waals surface area contributed by atoms with Crippen molar-refractivity contribution in [1.82, 2.24) is 4.57 Å². The van der Waals surface area contributed by atoms with Crippen LogP contribution in [-0.4, -0.2) is 4.57 Å². The number of ether oxygens (including phenoxy) is 1. The first-order chi connectivity index (χ1) is 9.35. The first-order valence-electron chi connectivity index (χ1n) is 7.00. The van der Waals surface area contributed by atoms with Gasteiger partial charge in [-0.05, 0) is 29.2 Å². The van der Waals surface area contributed by atoms with Crippen molar-refractivity contribution in [2.24, 2.45) is 12.5 Å². The number of benzene rings is 1. The minimum atomic E-state index is -0.453. The van der Waals surface area contributed by atoms with Gasteiger partial charge >= 0.3 is 0 Å². The monoisotopic (exact) mass is 271 g/mol. The third kappa shape index (κ3) is 1.18. The summed E-state index contributed by atoms with van der Waals surface area (Å²) in [5.41, 5.74) is 2.54. The van der Waals surface area contributed by atoms with E-state index in [2.05, 4.69) is 32.9 Å². The first kappa shape index (κ1) is 12.2. The molecule has 20 heavy (non-hydrogen) atoms. The second kappa shape index (κ2) is 3.34. The lowest BCUT2D eigenvalue weighted by Crippen LogP contribution is -2.37. The molecule has 2 aliphatic heterocycles. The maximum atomic E-state index is 14.3. The van der Waals surface area contributed by atoms with E-state index >= 15 is 0 Å². The fourth-order valence-electron chi connectivity index (χ4n) is 3.68. The molecule has 4 rings (SSSR count). The van der Waals surface area contributed by atoms with Gasteiger partial charge in [0, 0.05) is 24.2 Å². The molecule has 104 valence electrons. The van der Waals surface area contributed by atoms with E-state index in [4.69, 9.17) is 4.74 Å². The van der Waals surface area contributed by atoms with E-state index < -0.39 is 5.60 Å². The van der Waals surface area contributed by atoms with Crippen molar-refractivity contribution in [3.8, 4) is 0 Å². The van der Waals surface area contributed by atoms with Crippen LogP contribution in [0.4, 0.5) is 4.39 Å². The van der Waals surface area contributed by atoms with Crippen molar-refractivity contribution in [1.29, 1.82) is 0 Å². The zero-order chi connectivity index (χ0) is 14.3. The van der Waals surface area contributed by atoms with E-state index in [1.807, 2.05) is 23.9 Å². The smallest absolute Gasteiger partial charge is 0.132 e. The molecule has 0 saturated carbocycles. The van der Waals surface area contributed by atoms with Gasteiger partial charge in [0.2, 0.25) is 0 Å². The third-order valence-electron chi connectivity index (χ3n) is 4.75. The number of halogens is 1. The Morgan fingerprint density at radius 3 is 2.80 bits per heavy atom. The van der Waals surface area contributed by atoms with Crippen molar-refractivity contribution in [2.75, 3.05) is 0 Å². The van der Waals surface area contributed by atoms with Gasteiger partial charge in [-0.15, -0.1) is 0 Å². The summed E-state index contributed by atoms with van der Waals surface area (Å²) in [6.45, 7) is 6.52. The molecule has 0 N–H and O–H groups in total. The summed E-state index contributed by atoms with van der Waals surface area (Å²) in [7, 11) is 1.97. The molecule has 0 fully saturated rings. The molecule has 3 heteroatoms. The highest BCUT2D eigenvalue weighted by atomic mass is 19.1. The van der Waals surface area contributed by atoms with Crippen LogP contribution in [0.5, 0.6) is 0 Å². The normalized spacial score (nSPS) is 27.6. The number of aryl methyl sites for hydroxylation is 1. The van der Waals surface area contributed by atoms with E-state index in [1.165, 1.54) is 0 Å². The molecule has 0 radical (unpaired) electrons. The number of fused-ring (bicyclic) bond motifs is 7. The lowest BCUT2D eigenvalue weighted by Gasteiger charge is -2.38. The van der Waals surface area contributed by atoms with Crippen LogP contribution in [0.25, 0.3) is 10.9 Å². The molecule has 2 nitrogen and oxygen atoms in total. The van der Waals surface area contributed by atoms with Crippen LogP contribution in [0.2, 0.25) is 0 Å². The minimum absolute atomic E-state index is 0.0848. The van der Waals surface area contributed by atoms with Crippen LogP contribution >= 0.6 is 0 Å². The van der Waals surface area contributed by atoms with Gasteiger partial charge in [0.05, 0.1) is 5.52 Å². The number of rotatable bonds is 0. The second-order valence-electron chi connectivity index (χ2n) is 6.89. The van der Waals surface area contributed by atoms with E-state index in [1.54, 1.807) is 6.07 Å². The lowest BCUT2D eigenvalue weighted by molar-refractivity contribution is -0.0747. The summed E-state index contributed by atoms with van der Waals surface area (Å²) in [6, 6.07) is 3.50. The Kier molecular flexibility index (Phi) is 2.03. The van der Waals surface area contributed by atoms with Gasteiger partial charge in [0.25, 0.3) is 0 Å². The van der Waals surface area contributed by atoms with Crippen LogP contribution in [0.1, 0.15) is 38.0 Å². The van der Waals surface area contributed by atoms with Crippen molar-refractivity contribution >= 4 is 10.9 Å². The van der Waals surface area contributed by atoms with Gasteiger partial charge in [-0.1, -0.05) is 26.8 Å². The van der Waals surface area contributed by atoms with Crippen molar-refractivity contribution in [2.45, 2.75) is 32.5 Å². The molecule has 0 spiro atoms. The van der Waals surface area contributed by atoms with E-state index in [9.17, 15) is 4.39 Å². The predicted octanol–water partition coefficient (Wildman–Crippen LogP) is 4.20. The van der Waals surface area contributed by atoms with Crippen LogP contribution in [0, 0.1) is 11.2 Å². The Hall–Kier alpha value is -1.61. The summed E-state index contributed by atoms with van der Waals surface area (Å²) in [5, 5.41) is 0.680. The molecule has 2 aromatic rings. The zero-order valence-corrected chi connectivity index (χ0v) is 12.2. The van der Waals surface area contributed by atoms with Crippen molar-refractivity contribution < 1.29 is 9.13 Å². The molecule has 0 aliphatic carbocycles. The van der Waals surface area contributed by atoms with Gasteiger partial charge in [-0.25, -0.2) is 4.39 Å². The standard InChI is InChI=1S/C17H18FNO/c1-16(2,3)17-7-5-13(20-17)11-9-12(18)10-6-8-19(4)15(10)14(11)17/h5-9,13H,1-4H3. The summed E-state index contributed by atoms with van der Waals surface area (Å²) >= 11 is 0. The zero-order valence-electron chi connectivity index (χ0n) is 12.2. The van der Waals surface area contributed by atoms with Gasteiger partial charge in [0.15, 0.2) is 0 Å². The first-order valence-corrected chi connectivity index (χ1v) is 7.00. The SMILES string of the molecule is Cn1ccc2c(F)cc3c(c21)C1(C(C)(C)C)C=CC3O1. The summed E-state index contributed by atoms with van der Waals surface area (Å²) in [6.07, 6.45) is 6.02. The Morgan fingerprint density at radius 1 is 1.35 bits per heavy atom. The Morgan fingerprint density at radius 2 is 2.10 bits per heavy atom. The van der Waals surface area contributed by atoms with Gasteiger partial charge in [-0.3, -0.25) is 0 Å². The Balaban J connectivity index is 2.17. The van der Waals surface area contributed by atoms with Crippen LogP contribution in [0.15, 0.2) is 30.5 Å². The molecule has 2 unspecified atom stereocenters. The quantitative estimate of drug-likeness (QED) is 0.655. The number of aromatic nitrogens is 1. The lowest BCUT2D eigenvalue weighted by atomic mass is 9.70. The topological polar surface area (TPSA) is 14.2 Å². The summed E-state index contributed by atoms with van der Waals surface area (Å²) < 4.78 is 22.6. The Labute approximate surface area is 117 Å². The van der Waals surface area contributed by atoms with Crippen molar-refractivity contribution in [3.63, 3.8) is 0 Å². The molecule has 1 aromatic heterocycles. The van der Waals surface area contributed by atoms with Gasteiger partial charge in [-0.2, -0.15) is 0 Å². The fourth-order valence-corrected chi connectivity index (χ4v) is 3.68. The molecular formula is C17H18FNO. The molecule has 0 amide bonds. The van der Waals surface area contributed by atoms with Crippen LogP contribution < -0.4 is 0 Å². The van der Waals surface area contributed by atoms with Crippen LogP contribution in [-0.2, 0) is 17.4 Å². The maximum absolute atomic E-state index is 14.3.